The Bertz CT molecular complexity index is 852. The highest BCUT2D eigenvalue weighted by Gasteiger charge is 2.09. The molecule has 25 heavy (non-hydrogen) atoms. The van der Waals surface area contributed by atoms with Gasteiger partial charge in [-0.3, -0.25) is 4.79 Å². The number of hydrogen-bond acceptors (Lipinski definition) is 3. The number of rotatable bonds is 8. The molecule has 0 aliphatic heterocycles. The number of unbranched alkanes of at least 4 members (excludes halogenated alkanes) is 1. The summed E-state index contributed by atoms with van der Waals surface area (Å²) in [5.41, 5.74) is 3.12. The van der Waals surface area contributed by atoms with Crippen molar-refractivity contribution in [2.24, 2.45) is 0 Å². The molecule has 3 aromatic rings. The van der Waals surface area contributed by atoms with Crippen molar-refractivity contribution >= 4 is 17.3 Å². The van der Waals surface area contributed by atoms with Gasteiger partial charge in [0.1, 0.15) is 5.75 Å². The number of fused-ring (bicyclic) bond motifs is 1. The molecule has 3 rings (SSSR count). The van der Waals surface area contributed by atoms with Crippen LogP contribution in [0.5, 0.6) is 5.75 Å². The van der Waals surface area contributed by atoms with Gasteiger partial charge in [0.2, 0.25) is 0 Å². The van der Waals surface area contributed by atoms with Crippen LogP contribution in [-0.2, 0) is 6.54 Å². The quantitative estimate of drug-likeness (QED) is 0.437. The van der Waals surface area contributed by atoms with Gasteiger partial charge in [-0.15, -0.1) is 0 Å². The minimum Gasteiger partial charge on any atom is -0.493 e. The highest BCUT2D eigenvalue weighted by molar-refractivity contribution is 5.82. The second-order valence-electron chi connectivity index (χ2n) is 6.48. The SMILES string of the molecule is CC(C)c1ccccc1OCCCCn1c(C=O)nc2ccccc21. The Kier molecular flexibility index (Phi) is 5.49. The fraction of sp³-hybridized carbons (Fsp3) is 0.333. The van der Waals surface area contributed by atoms with E-state index in [1.165, 1.54) is 5.56 Å². The van der Waals surface area contributed by atoms with Gasteiger partial charge >= 0.3 is 0 Å². The summed E-state index contributed by atoms with van der Waals surface area (Å²) in [6, 6.07) is 16.1. The van der Waals surface area contributed by atoms with Gasteiger partial charge in [-0.25, -0.2) is 4.98 Å². The van der Waals surface area contributed by atoms with E-state index in [4.69, 9.17) is 4.74 Å². The second kappa shape index (κ2) is 7.97. The summed E-state index contributed by atoms with van der Waals surface area (Å²) in [7, 11) is 0. The number of hydrogen-bond donors (Lipinski definition) is 0. The van der Waals surface area contributed by atoms with Crippen molar-refractivity contribution in [3.8, 4) is 5.75 Å². The molecule has 0 N–H and O–H groups in total. The zero-order chi connectivity index (χ0) is 17.6. The Morgan fingerprint density at radius 2 is 1.84 bits per heavy atom. The summed E-state index contributed by atoms with van der Waals surface area (Å²) < 4.78 is 7.96. The minimum atomic E-state index is 0.448. The average Bonchev–Trinajstić information content (AvgIpc) is 2.99. The predicted octanol–water partition coefficient (Wildman–Crippen LogP) is 4.83. The van der Waals surface area contributed by atoms with E-state index in [-0.39, 0.29) is 0 Å². The van der Waals surface area contributed by atoms with E-state index in [2.05, 4.69) is 24.9 Å². The van der Waals surface area contributed by atoms with Crippen LogP contribution in [0, 0.1) is 0 Å². The van der Waals surface area contributed by atoms with Gasteiger partial charge in [-0.2, -0.15) is 0 Å². The lowest BCUT2D eigenvalue weighted by Gasteiger charge is -2.14. The van der Waals surface area contributed by atoms with Gasteiger partial charge in [0.25, 0.3) is 0 Å². The number of aryl methyl sites for hydroxylation is 1. The molecule has 0 aliphatic carbocycles. The topological polar surface area (TPSA) is 44.1 Å². The van der Waals surface area contributed by atoms with Gasteiger partial charge in [-0.1, -0.05) is 44.2 Å². The molecule has 0 unspecified atom stereocenters. The lowest BCUT2D eigenvalue weighted by atomic mass is 10.0. The standard InChI is InChI=1S/C21H24N2O2/c1-16(2)17-9-3-6-12-20(17)25-14-8-7-13-23-19-11-5-4-10-18(19)22-21(23)15-24/h3-6,9-12,15-16H,7-8,13-14H2,1-2H3. The highest BCUT2D eigenvalue weighted by Crippen LogP contribution is 2.26. The average molecular weight is 336 g/mol. The largest absolute Gasteiger partial charge is 0.493 e. The summed E-state index contributed by atoms with van der Waals surface area (Å²) in [6.45, 7) is 5.79. The summed E-state index contributed by atoms with van der Waals surface area (Å²) >= 11 is 0. The molecule has 2 aromatic carbocycles. The molecule has 0 aliphatic rings. The van der Waals surface area contributed by atoms with Crippen LogP contribution in [0.2, 0.25) is 0 Å². The number of carbonyl (C=O) groups is 1. The summed E-state index contributed by atoms with van der Waals surface area (Å²) in [5, 5.41) is 0. The highest BCUT2D eigenvalue weighted by atomic mass is 16.5. The number of ether oxygens (including phenoxy) is 1. The van der Waals surface area contributed by atoms with Gasteiger partial charge < -0.3 is 9.30 Å². The van der Waals surface area contributed by atoms with Crippen molar-refractivity contribution in [3.63, 3.8) is 0 Å². The number of nitrogens with zero attached hydrogens (tertiary/aromatic N) is 2. The zero-order valence-corrected chi connectivity index (χ0v) is 14.8. The van der Waals surface area contributed by atoms with Gasteiger partial charge in [0, 0.05) is 6.54 Å². The Labute approximate surface area is 148 Å². The predicted molar refractivity (Wildman–Crippen MR) is 100 cm³/mol. The van der Waals surface area contributed by atoms with E-state index >= 15 is 0 Å². The molecule has 0 spiro atoms. The van der Waals surface area contributed by atoms with Gasteiger partial charge in [0.15, 0.2) is 12.1 Å². The third-order valence-corrected chi connectivity index (χ3v) is 4.36. The minimum absolute atomic E-state index is 0.448. The zero-order valence-electron chi connectivity index (χ0n) is 14.8. The van der Waals surface area contributed by atoms with Crippen molar-refractivity contribution in [2.75, 3.05) is 6.61 Å². The van der Waals surface area contributed by atoms with Crippen LogP contribution < -0.4 is 4.74 Å². The first-order chi connectivity index (χ1) is 12.2. The molecular formula is C21H24N2O2. The van der Waals surface area contributed by atoms with Crippen LogP contribution in [-0.4, -0.2) is 22.4 Å². The van der Waals surface area contributed by atoms with E-state index in [1.54, 1.807) is 0 Å². The molecule has 130 valence electrons. The van der Waals surface area contributed by atoms with Crippen molar-refractivity contribution in [1.29, 1.82) is 0 Å². The Morgan fingerprint density at radius 1 is 1.08 bits per heavy atom. The maximum atomic E-state index is 11.3. The molecule has 4 nitrogen and oxygen atoms in total. The molecule has 0 bridgehead atoms. The second-order valence-corrected chi connectivity index (χ2v) is 6.48. The van der Waals surface area contributed by atoms with E-state index in [0.717, 1.165) is 42.5 Å². The molecule has 0 saturated carbocycles. The van der Waals surface area contributed by atoms with Crippen LogP contribution in [0.4, 0.5) is 0 Å². The number of aldehydes is 1. The molecule has 4 heteroatoms. The van der Waals surface area contributed by atoms with Crippen molar-refractivity contribution in [3.05, 3.63) is 59.9 Å². The van der Waals surface area contributed by atoms with Crippen LogP contribution in [0.1, 0.15) is 48.8 Å². The molecule has 0 atom stereocenters. The van der Waals surface area contributed by atoms with Crippen LogP contribution in [0.3, 0.4) is 0 Å². The first-order valence-electron chi connectivity index (χ1n) is 8.83. The number of imidazole rings is 1. The molecule has 0 radical (unpaired) electrons. The smallest absolute Gasteiger partial charge is 0.185 e. The van der Waals surface area contributed by atoms with Crippen molar-refractivity contribution in [2.45, 2.75) is 39.2 Å². The van der Waals surface area contributed by atoms with Crippen molar-refractivity contribution < 1.29 is 9.53 Å². The third-order valence-electron chi connectivity index (χ3n) is 4.36. The number of carbonyl (C=O) groups excluding carboxylic acids is 1. The first kappa shape index (κ1) is 17.2. The van der Waals surface area contributed by atoms with Crippen LogP contribution >= 0.6 is 0 Å². The molecule has 1 aromatic heterocycles. The Morgan fingerprint density at radius 3 is 2.64 bits per heavy atom. The Hall–Kier alpha value is -2.62. The van der Waals surface area contributed by atoms with Gasteiger partial charge in [0.05, 0.1) is 17.6 Å². The van der Waals surface area contributed by atoms with E-state index in [1.807, 2.05) is 47.0 Å². The fourth-order valence-electron chi connectivity index (χ4n) is 3.06. The van der Waals surface area contributed by atoms with Crippen LogP contribution in [0.25, 0.3) is 11.0 Å². The normalized spacial score (nSPS) is 11.2. The van der Waals surface area contributed by atoms with E-state index < -0.39 is 0 Å². The van der Waals surface area contributed by atoms with Gasteiger partial charge in [-0.05, 0) is 42.5 Å². The fourth-order valence-corrected chi connectivity index (χ4v) is 3.06. The molecule has 0 saturated heterocycles. The number of para-hydroxylation sites is 3. The maximum Gasteiger partial charge on any atom is 0.185 e. The molecule has 1 heterocycles. The summed E-state index contributed by atoms with van der Waals surface area (Å²) in [5.74, 6) is 1.91. The summed E-state index contributed by atoms with van der Waals surface area (Å²) in [6.07, 6.45) is 2.69. The molecular weight excluding hydrogens is 312 g/mol. The Balaban J connectivity index is 1.57. The molecule has 0 amide bonds. The molecule has 0 fully saturated rings. The first-order valence-corrected chi connectivity index (χ1v) is 8.83. The lowest BCUT2D eigenvalue weighted by Crippen LogP contribution is -2.06. The van der Waals surface area contributed by atoms with Crippen molar-refractivity contribution in [1.82, 2.24) is 9.55 Å². The maximum absolute atomic E-state index is 11.3. The number of benzene rings is 2. The third kappa shape index (κ3) is 3.90. The number of aromatic nitrogens is 2. The monoisotopic (exact) mass is 336 g/mol. The lowest BCUT2D eigenvalue weighted by molar-refractivity contribution is 0.111. The summed E-state index contributed by atoms with van der Waals surface area (Å²) in [4.78, 5) is 15.6. The van der Waals surface area contributed by atoms with E-state index in [0.29, 0.717) is 18.3 Å². The van der Waals surface area contributed by atoms with E-state index in [9.17, 15) is 4.79 Å². The van der Waals surface area contributed by atoms with Crippen LogP contribution in [0.15, 0.2) is 48.5 Å².